The van der Waals surface area contributed by atoms with Gasteiger partial charge in [0.25, 0.3) is 0 Å². The number of benzene rings is 2. The van der Waals surface area contributed by atoms with Crippen molar-refractivity contribution in [2.24, 2.45) is 0 Å². The van der Waals surface area contributed by atoms with Gasteiger partial charge in [-0.3, -0.25) is 4.98 Å². The first-order valence-electron chi connectivity index (χ1n) is 7.57. The van der Waals surface area contributed by atoms with E-state index in [1.165, 1.54) is 0 Å². The normalized spacial score (nSPS) is 9.38. The zero-order valence-electron chi connectivity index (χ0n) is 13.4. The second-order valence-electron chi connectivity index (χ2n) is 5.30. The quantitative estimate of drug-likeness (QED) is 0.680. The standard InChI is InChI=1S/C21H9N5/c22-10-14(11-23)18-9-19(20-7-3-4-8-26-20)21(15(12-24)13-25)17-6-2-1-5-16(17)18/h1-9H. The van der Waals surface area contributed by atoms with E-state index in [2.05, 4.69) is 4.98 Å². The minimum absolute atomic E-state index is 0.0413. The van der Waals surface area contributed by atoms with Crippen LogP contribution >= 0.6 is 0 Å². The Morgan fingerprint density at radius 3 is 1.92 bits per heavy atom. The van der Waals surface area contributed by atoms with Crippen molar-refractivity contribution in [3.63, 3.8) is 0 Å². The minimum atomic E-state index is -0.0520. The fourth-order valence-electron chi connectivity index (χ4n) is 2.86. The summed E-state index contributed by atoms with van der Waals surface area (Å²) < 4.78 is 0. The molecule has 0 atom stereocenters. The van der Waals surface area contributed by atoms with Crippen LogP contribution in [0.2, 0.25) is 0 Å². The first-order chi connectivity index (χ1) is 12.7. The van der Waals surface area contributed by atoms with Crippen LogP contribution in [-0.2, 0) is 0 Å². The van der Waals surface area contributed by atoms with E-state index in [9.17, 15) is 21.0 Å². The van der Waals surface area contributed by atoms with Crippen LogP contribution in [0.1, 0.15) is 0 Å². The van der Waals surface area contributed by atoms with E-state index in [1.807, 2.05) is 24.3 Å². The van der Waals surface area contributed by atoms with Gasteiger partial charge in [0.05, 0.1) is 5.69 Å². The minimum Gasteiger partial charge on any atom is -0.256 e. The Kier molecular flexibility index (Phi) is 4.40. The lowest BCUT2D eigenvalue weighted by molar-refractivity contribution is 1.32. The van der Waals surface area contributed by atoms with Crippen molar-refractivity contribution in [2.45, 2.75) is 0 Å². The Hall–Kier alpha value is -4.45. The predicted octanol–water partition coefficient (Wildman–Crippen LogP) is 2.30. The first kappa shape index (κ1) is 16.4. The monoisotopic (exact) mass is 331 g/mol. The molecule has 1 heterocycles. The lowest BCUT2D eigenvalue weighted by atomic mass is 9.94. The number of nitrogens with zero attached hydrogens (tertiary/aromatic N) is 5. The molecule has 0 radical (unpaired) electrons. The van der Waals surface area contributed by atoms with E-state index in [1.54, 1.807) is 54.7 Å². The molecule has 2 aromatic carbocycles. The summed E-state index contributed by atoms with van der Waals surface area (Å²) in [6, 6.07) is 21.7. The SMILES string of the molecule is N#CC(C#N)=c1cc(-c2ccccn2)c(=C(C#N)C#N)c2ccccc12. The summed E-state index contributed by atoms with van der Waals surface area (Å²) in [7, 11) is 0. The molecule has 3 aromatic rings. The van der Waals surface area contributed by atoms with Gasteiger partial charge in [0.1, 0.15) is 35.4 Å². The number of hydrogen-bond donors (Lipinski definition) is 0. The molecule has 0 aliphatic rings. The summed E-state index contributed by atoms with van der Waals surface area (Å²) in [5, 5.41) is 39.7. The van der Waals surface area contributed by atoms with Crippen LogP contribution in [0.4, 0.5) is 0 Å². The molecule has 0 aliphatic heterocycles. The number of rotatable bonds is 1. The van der Waals surface area contributed by atoms with Crippen LogP contribution < -0.4 is 10.4 Å². The van der Waals surface area contributed by atoms with Crippen molar-refractivity contribution < 1.29 is 0 Å². The Balaban J connectivity index is 2.76. The van der Waals surface area contributed by atoms with Crippen LogP contribution in [0, 0.1) is 45.3 Å². The molecule has 0 N–H and O–H groups in total. The van der Waals surface area contributed by atoms with E-state index < -0.39 is 0 Å². The highest BCUT2D eigenvalue weighted by Gasteiger charge is 2.12. The van der Waals surface area contributed by atoms with E-state index >= 15 is 0 Å². The van der Waals surface area contributed by atoms with Gasteiger partial charge in [0.2, 0.25) is 0 Å². The number of fused-ring (bicyclic) bond motifs is 1. The van der Waals surface area contributed by atoms with E-state index in [0.29, 0.717) is 32.5 Å². The maximum absolute atomic E-state index is 9.44. The number of nitriles is 4. The highest BCUT2D eigenvalue weighted by molar-refractivity contribution is 5.96. The molecule has 0 fully saturated rings. The zero-order valence-corrected chi connectivity index (χ0v) is 13.4. The van der Waals surface area contributed by atoms with Crippen molar-refractivity contribution in [3.05, 3.63) is 65.2 Å². The van der Waals surface area contributed by atoms with Gasteiger partial charge in [-0.05, 0) is 29.0 Å². The third-order valence-corrected chi connectivity index (χ3v) is 3.95. The summed E-state index contributed by atoms with van der Waals surface area (Å²) >= 11 is 0. The Morgan fingerprint density at radius 2 is 1.35 bits per heavy atom. The molecule has 0 saturated carbocycles. The third-order valence-electron chi connectivity index (χ3n) is 3.95. The summed E-state index contributed by atoms with van der Waals surface area (Å²) in [6.45, 7) is 0. The van der Waals surface area contributed by atoms with Gasteiger partial charge in [-0.1, -0.05) is 30.3 Å². The van der Waals surface area contributed by atoms with E-state index in [4.69, 9.17) is 0 Å². The molecule has 26 heavy (non-hydrogen) atoms. The van der Waals surface area contributed by atoms with Crippen LogP contribution in [0.25, 0.3) is 33.2 Å². The van der Waals surface area contributed by atoms with Gasteiger partial charge < -0.3 is 0 Å². The molecule has 3 rings (SSSR count). The molecule has 5 heteroatoms. The molecule has 0 spiro atoms. The highest BCUT2D eigenvalue weighted by Crippen LogP contribution is 2.17. The maximum atomic E-state index is 9.44. The molecular formula is C21H9N5. The van der Waals surface area contributed by atoms with Crippen molar-refractivity contribution in [3.8, 4) is 35.5 Å². The van der Waals surface area contributed by atoms with E-state index in [-0.39, 0.29) is 11.1 Å². The molecule has 0 aliphatic carbocycles. The average Bonchev–Trinajstić information content (AvgIpc) is 2.71. The number of hydrogen-bond acceptors (Lipinski definition) is 5. The second-order valence-corrected chi connectivity index (χ2v) is 5.30. The third kappa shape index (κ3) is 2.63. The van der Waals surface area contributed by atoms with Crippen molar-refractivity contribution in [1.82, 2.24) is 4.98 Å². The Labute approximate surface area is 149 Å². The lowest BCUT2D eigenvalue weighted by Crippen LogP contribution is -2.19. The summed E-state index contributed by atoms with van der Waals surface area (Å²) in [6.07, 6.45) is 1.60. The molecule has 5 nitrogen and oxygen atoms in total. The maximum Gasteiger partial charge on any atom is 0.138 e. The predicted molar refractivity (Wildman–Crippen MR) is 95.7 cm³/mol. The Bertz CT molecular complexity index is 1280. The van der Waals surface area contributed by atoms with Crippen LogP contribution in [0.5, 0.6) is 0 Å². The van der Waals surface area contributed by atoms with Gasteiger partial charge in [0.15, 0.2) is 0 Å². The summed E-state index contributed by atoms with van der Waals surface area (Å²) in [4.78, 5) is 4.31. The Morgan fingerprint density at radius 1 is 0.731 bits per heavy atom. The number of aromatic nitrogens is 1. The van der Waals surface area contributed by atoms with Crippen LogP contribution in [0.15, 0.2) is 54.7 Å². The molecular weight excluding hydrogens is 322 g/mol. The zero-order chi connectivity index (χ0) is 18.5. The van der Waals surface area contributed by atoms with Gasteiger partial charge in [0, 0.05) is 22.2 Å². The lowest BCUT2D eigenvalue weighted by Gasteiger charge is -2.08. The van der Waals surface area contributed by atoms with Gasteiger partial charge in [-0.25, -0.2) is 0 Å². The topological polar surface area (TPSA) is 108 Å². The summed E-state index contributed by atoms with van der Waals surface area (Å²) in [5.41, 5.74) is 0.984. The molecule has 118 valence electrons. The van der Waals surface area contributed by atoms with Crippen LogP contribution in [-0.4, -0.2) is 4.98 Å². The molecule has 1 aromatic heterocycles. The fourth-order valence-corrected chi connectivity index (χ4v) is 2.86. The van der Waals surface area contributed by atoms with E-state index in [0.717, 1.165) is 0 Å². The first-order valence-corrected chi connectivity index (χ1v) is 7.57. The van der Waals surface area contributed by atoms with Gasteiger partial charge in [-0.15, -0.1) is 0 Å². The van der Waals surface area contributed by atoms with Gasteiger partial charge >= 0.3 is 0 Å². The molecule has 0 bridgehead atoms. The second kappa shape index (κ2) is 6.98. The molecule has 0 unspecified atom stereocenters. The van der Waals surface area contributed by atoms with Crippen molar-refractivity contribution in [2.75, 3.05) is 0 Å². The van der Waals surface area contributed by atoms with Crippen molar-refractivity contribution >= 4 is 21.9 Å². The summed E-state index contributed by atoms with van der Waals surface area (Å²) in [5.74, 6) is 0. The highest BCUT2D eigenvalue weighted by atomic mass is 14.7. The smallest absolute Gasteiger partial charge is 0.138 e. The fraction of sp³-hybridized carbons (Fsp3) is 0. The molecule has 0 saturated heterocycles. The average molecular weight is 331 g/mol. The number of pyridine rings is 1. The van der Waals surface area contributed by atoms with Crippen LogP contribution in [0.3, 0.4) is 0 Å². The van der Waals surface area contributed by atoms with Gasteiger partial charge in [-0.2, -0.15) is 21.0 Å². The largest absolute Gasteiger partial charge is 0.256 e. The van der Waals surface area contributed by atoms with Crippen molar-refractivity contribution in [1.29, 1.82) is 21.0 Å². The molecule has 0 amide bonds.